The maximum Gasteiger partial charge on any atom is 0.340 e. The van der Waals surface area contributed by atoms with E-state index in [0.717, 1.165) is 4.90 Å². The molecule has 2 N–H and O–H groups in total. The maximum atomic E-state index is 11.7. The quantitative estimate of drug-likeness (QED) is 0.524. The van der Waals surface area contributed by atoms with Crippen molar-refractivity contribution in [3.63, 3.8) is 0 Å². The van der Waals surface area contributed by atoms with Crippen LogP contribution < -0.4 is 5.73 Å². The summed E-state index contributed by atoms with van der Waals surface area (Å²) in [5, 5.41) is 0.613. The van der Waals surface area contributed by atoms with Crippen LogP contribution in [0.25, 0.3) is 0 Å². The number of carbonyl (C=O) groups excluding carboxylic acids is 1. The van der Waals surface area contributed by atoms with E-state index in [-0.39, 0.29) is 0 Å². The van der Waals surface area contributed by atoms with E-state index in [0.29, 0.717) is 23.0 Å². The van der Waals surface area contributed by atoms with Crippen LogP contribution in [0.15, 0.2) is 46.7 Å². The van der Waals surface area contributed by atoms with Crippen LogP contribution in [-0.4, -0.2) is 22.5 Å². The highest BCUT2D eigenvalue weighted by Crippen LogP contribution is 2.27. The van der Waals surface area contributed by atoms with Crippen molar-refractivity contribution < 1.29 is 9.53 Å². The molecule has 0 atom stereocenters. The number of anilines is 1. The highest BCUT2D eigenvalue weighted by molar-refractivity contribution is 7.99. The van der Waals surface area contributed by atoms with E-state index in [9.17, 15) is 4.79 Å². The molecule has 1 aromatic carbocycles. The topological polar surface area (TPSA) is 78.1 Å². The SMILES string of the molecule is CCOC(=O)c1cc(Sc2ncccn2)ccc1N. The Labute approximate surface area is 115 Å². The van der Waals surface area contributed by atoms with E-state index < -0.39 is 5.97 Å². The van der Waals surface area contributed by atoms with Gasteiger partial charge in [0.1, 0.15) is 0 Å². The van der Waals surface area contributed by atoms with Crippen LogP contribution in [0.2, 0.25) is 0 Å². The fraction of sp³-hybridized carbons (Fsp3) is 0.154. The lowest BCUT2D eigenvalue weighted by molar-refractivity contribution is 0.0527. The van der Waals surface area contributed by atoms with Gasteiger partial charge in [0.15, 0.2) is 5.16 Å². The summed E-state index contributed by atoms with van der Waals surface area (Å²) in [5.41, 5.74) is 6.54. The first-order chi connectivity index (χ1) is 9.20. The minimum Gasteiger partial charge on any atom is -0.462 e. The van der Waals surface area contributed by atoms with Crippen molar-refractivity contribution in [2.24, 2.45) is 0 Å². The van der Waals surface area contributed by atoms with Gasteiger partial charge >= 0.3 is 5.97 Å². The number of nitrogens with zero attached hydrogens (tertiary/aromatic N) is 2. The molecule has 0 bridgehead atoms. The number of hydrogen-bond donors (Lipinski definition) is 1. The summed E-state index contributed by atoms with van der Waals surface area (Å²) in [7, 11) is 0. The average molecular weight is 275 g/mol. The van der Waals surface area contributed by atoms with Gasteiger partial charge in [0, 0.05) is 23.0 Å². The number of esters is 1. The summed E-state index contributed by atoms with van der Waals surface area (Å²) in [6.45, 7) is 2.07. The van der Waals surface area contributed by atoms with Gasteiger partial charge in [0.25, 0.3) is 0 Å². The van der Waals surface area contributed by atoms with Crippen molar-refractivity contribution in [2.75, 3.05) is 12.3 Å². The van der Waals surface area contributed by atoms with Crippen molar-refractivity contribution in [3.8, 4) is 0 Å². The smallest absolute Gasteiger partial charge is 0.340 e. The lowest BCUT2D eigenvalue weighted by atomic mass is 10.2. The summed E-state index contributed by atoms with van der Waals surface area (Å²) in [6.07, 6.45) is 3.33. The largest absolute Gasteiger partial charge is 0.462 e. The first-order valence-electron chi connectivity index (χ1n) is 5.72. The molecule has 0 aliphatic carbocycles. The van der Waals surface area contributed by atoms with E-state index in [4.69, 9.17) is 10.5 Å². The van der Waals surface area contributed by atoms with Crippen LogP contribution in [-0.2, 0) is 4.74 Å². The molecule has 0 amide bonds. The minimum absolute atomic E-state index is 0.317. The lowest BCUT2D eigenvalue weighted by Crippen LogP contribution is -2.08. The number of nitrogens with two attached hydrogens (primary N) is 1. The van der Waals surface area contributed by atoms with Crippen molar-refractivity contribution >= 4 is 23.4 Å². The van der Waals surface area contributed by atoms with Gasteiger partial charge in [0.05, 0.1) is 12.2 Å². The number of aromatic nitrogens is 2. The minimum atomic E-state index is -0.420. The Hall–Kier alpha value is -2.08. The van der Waals surface area contributed by atoms with Crippen LogP contribution in [0.3, 0.4) is 0 Å². The number of benzene rings is 1. The molecular formula is C13H13N3O2S. The van der Waals surface area contributed by atoms with Crippen molar-refractivity contribution in [1.82, 2.24) is 9.97 Å². The van der Waals surface area contributed by atoms with Gasteiger partial charge in [-0.05, 0) is 43.0 Å². The van der Waals surface area contributed by atoms with E-state index >= 15 is 0 Å². The van der Waals surface area contributed by atoms with Gasteiger partial charge in [-0.25, -0.2) is 14.8 Å². The Balaban J connectivity index is 2.23. The second-order valence-corrected chi connectivity index (χ2v) is 4.64. The van der Waals surface area contributed by atoms with Gasteiger partial charge < -0.3 is 10.5 Å². The molecule has 19 heavy (non-hydrogen) atoms. The fourth-order valence-electron chi connectivity index (χ4n) is 1.43. The second kappa shape index (κ2) is 6.19. The molecule has 1 heterocycles. The molecule has 0 aliphatic heterocycles. The number of hydrogen-bond acceptors (Lipinski definition) is 6. The third kappa shape index (κ3) is 3.45. The molecule has 1 aromatic heterocycles. The van der Waals surface area contributed by atoms with E-state index in [1.165, 1.54) is 11.8 Å². The molecule has 0 spiro atoms. The summed E-state index contributed by atoms with van der Waals surface area (Å²) in [4.78, 5) is 20.8. The van der Waals surface area contributed by atoms with E-state index in [2.05, 4.69) is 9.97 Å². The zero-order valence-electron chi connectivity index (χ0n) is 10.4. The van der Waals surface area contributed by atoms with E-state index in [1.807, 2.05) is 6.07 Å². The molecular weight excluding hydrogens is 262 g/mol. The third-order valence-electron chi connectivity index (χ3n) is 2.27. The Morgan fingerprint density at radius 2 is 2.11 bits per heavy atom. The van der Waals surface area contributed by atoms with Crippen molar-refractivity contribution in [2.45, 2.75) is 17.0 Å². The van der Waals surface area contributed by atoms with Gasteiger partial charge in [-0.3, -0.25) is 0 Å². The van der Waals surface area contributed by atoms with Crippen LogP contribution in [0.4, 0.5) is 5.69 Å². The molecule has 5 nitrogen and oxygen atoms in total. The average Bonchev–Trinajstić information content (AvgIpc) is 2.42. The normalized spacial score (nSPS) is 10.2. The summed E-state index contributed by atoms with van der Waals surface area (Å²) < 4.78 is 4.95. The standard InChI is InChI=1S/C13H13N3O2S/c1-2-18-12(17)10-8-9(4-5-11(10)14)19-13-15-6-3-7-16-13/h3-8H,2,14H2,1H3. The van der Waals surface area contributed by atoms with Gasteiger partial charge in [-0.15, -0.1) is 0 Å². The van der Waals surface area contributed by atoms with Crippen molar-refractivity contribution in [3.05, 3.63) is 42.2 Å². The highest BCUT2D eigenvalue weighted by Gasteiger charge is 2.12. The van der Waals surface area contributed by atoms with Crippen molar-refractivity contribution in [1.29, 1.82) is 0 Å². The van der Waals surface area contributed by atoms with E-state index in [1.54, 1.807) is 37.5 Å². The molecule has 6 heteroatoms. The molecule has 2 rings (SSSR count). The number of carbonyl (C=O) groups is 1. The predicted molar refractivity (Wildman–Crippen MR) is 73.0 cm³/mol. The van der Waals surface area contributed by atoms with Gasteiger partial charge in [0.2, 0.25) is 0 Å². The highest BCUT2D eigenvalue weighted by atomic mass is 32.2. The molecule has 0 radical (unpaired) electrons. The summed E-state index contributed by atoms with van der Waals surface area (Å²) in [6, 6.07) is 6.93. The second-order valence-electron chi connectivity index (χ2n) is 3.60. The lowest BCUT2D eigenvalue weighted by Gasteiger charge is -2.07. The first kappa shape index (κ1) is 13.4. The van der Waals surface area contributed by atoms with Crippen LogP contribution >= 0.6 is 11.8 Å². The Kier molecular flexibility index (Phi) is 4.35. The Bertz CT molecular complexity index is 575. The maximum absolute atomic E-state index is 11.7. The number of nitrogen functional groups attached to an aromatic ring is 1. The Morgan fingerprint density at radius 3 is 2.79 bits per heavy atom. The molecule has 0 saturated carbocycles. The molecule has 0 aliphatic rings. The summed E-state index contributed by atoms with van der Waals surface area (Å²) >= 11 is 1.36. The van der Waals surface area contributed by atoms with Crippen LogP contribution in [0.5, 0.6) is 0 Å². The Morgan fingerprint density at radius 1 is 1.37 bits per heavy atom. The predicted octanol–water partition coefficient (Wildman–Crippen LogP) is 2.39. The van der Waals surface area contributed by atoms with Crippen LogP contribution in [0.1, 0.15) is 17.3 Å². The zero-order valence-corrected chi connectivity index (χ0v) is 11.2. The van der Waals surface area contributed by atoms with Gasteiger partial charge in [-0.2, -0.15) is 0 Å². The molecule has 2 aromatic rings. The third-order valence-corrected chi connectivity index (χ3v) is 3.15. The summed E-state index contributed by atoms with van der Waals surface area (Å²) in [5.74, 6) is -0.420. The number of ether oxygens (including phenoxy) is 1. The van der Waals surface area contributed by atoms with Crippen LogP contribution in [0, 0.1) is 0 Å². The molecule has 0 saturated heterocycles. The zero-order chi connectivity index (χ0) is 13.7. The fourth-order valence-corrected chi connectivity index (χ4v) is 2.18. The molecule has 0 fully saturated rings. The molecule has 0 unspecified atom stereocenters. The molecule has 98 valence electrons. The number of rotatable bonds is 4. The monoisotopic (exact) mass is 275 g/mol. The first-order valence-corrected chi connectivity index (χ1v) is 6.54. The van der Waals surface area contributed by atoms with Gasteiger partial charge in [-0.1, -0.05) is 0 Å².